The Morgan fingerprint density at radius 1 is 1.00 bits per heavy atom. The van der Waals surface area contributed by atoms with Crippen molar-refractivity contribution in [2.75, 3.05) is 7.11 Å². The van der Waals surface area contributed by atoms with Gasteiger partial charge in [-0.25, -0.2) is 9.59 Å². The number of carboxylic acids is 1. The molecular weight excluding hydrogens is 268 g/mol. The molecule has 0 amide bonds. The van der Waals surface area contributed by atoms with Crippen molar-refractivity contribution in [2.24, 2.45) is 0 Å². The summed E-state index contributed by atoms with van der Waals surface area (Å²) >= 11 is 0. The summed E-state index contributed by atoms with van der Waals surface area (Å²) in [6, 6.07) is 13.6. The van der Waals surface area contributed by atoms with E-state index in [9.17, 15) is 9.59 Å². The van der Waals surface area contributed by atoms with Gasteiger partial charge in [0.15, 0.2) is 0 Å². The fraction of sp³-hybridized carbons (Fsp3) is 0.0588. The molecule has 4 nitrogen and oxygen atoms in total. The summed E-state index contributed by atoms with van der Waals surface area (Å²) in [5.74, 6) is -1.35. The van der Waals surface area contributed by atoms with Crippen molar-refractivity contribution in [3.63, 3.8) is 0 Å². The van der Waals surface area contributed by atoms with Gasteiger partial charge < -0.3 is 9.84 Å². The maximum atomic E-state index is 11.6. The van der Waals surface area contributed by atoms with Crippen molar-refractivity contribution in [3.05, 3.63) is 70.8 Å². The van der Waals surface area contributed by atoms with Gasteiger partial charge in [-0.2, -0.15) is 0 Å². The minimum absolute atomic E-state index is 0.238. The van der Waals surface area contributed by atoms with Crippen molar-refractivity contribution in [1.29, 1.82) is 0 Å². The van der Waals surface area contributed by atoms with Crippen molar-refractivity contribution in [3.8, 4) is 0 Å². The van der Waals surface area contributed by atoms with Gasteiger partial charge >= 0.3 is 11.9 Å². The fourth-order valence-electron chi connectivity index (χ4n) is 1.86. The second kappa shape index (κ2) is 6.52. The van der Waals surface area contributed by atoms with Gasteiger partial charge in [0.1, 0.15) is 0 Å². The normalized spacial score (nSPS) is 10.5. The van der Waals surface area contributed by atoms with Gasteiger partial charge in [-0.15, -0.1) is 0 Å². The molecule has 0 saturated heterocycles. The summed E-state index contributed by atoms with van der Waals surface area (Å²) < 4.78 is 4.73. The first-order valence-electron chi connectivity index (χ1n) is 6.30. The first-order valence-corrected chi connectivity index (χ1v) is 6.30. The summed E-state index contributed by atoms with van der Waals surface area (Å²) in [5.41, 5.74) is 2.31. The lowest BCUT2D eigenvalue weighted by atomic mass is 10.1. The van der Waals surface area contributed by atoms with Crippen LogP contribution in [0.5, 0.6) is 0 Å². The summed E-state index contributed by atoms with van der Waals surface area (Å²) in [4.78, 5) is 22.4. The average Bonchev–Trinajstić information content (AvgIpc) is 2.52. The third-order valence-electron chi connectivity index (χ3n) is 2.98. The Morgan fingerprint density at radius 3 is 2.29 bits per heavy atom. The lowest BCUT2D eigenvalue weighted by molar-refractivity contribution is 0.0599. The van der Waals surface area contributed by atoms with E-state index < -0.39 is 11.9 Å². The number of benzene rings is 2. The molecule has 0 aromatic heterocycles. The second-order valence-corrected chi connectivity index (χ2v) is 4.34. The van der Waals surface area contributed by atoms with Gasteiger partial charge in [-0.3, -0.25) is 0 Å². The molecule has 0 aliphatic heterocycles. The lowest BCUT2D eigenvalue weighted by Gasteiger charge is -2.03. The van der Waals surface area contributed by atoms with E-state index in [-0.39, 0.29) is 5.56 Å². The average molecular weight is 282 g/mol. The Bertz CT molecular complexity index is 684. The van der Waals surface area contributed by atoms with Crippen LogP contribution in [0.4, 0.5) is 0 Å². The second-order valence-electron chi connectivity index (χ2n) is 4.34. The van der Waals surface area contributed by atoms with Gasteiger partial charge in [0.05, 0.1) is 18.2 Å². The number of esters is 1. The van der Waals surface area contributed by atoms with Crippen LogP contribution < -0.4 is 0 Å². The molecule has 0 heterocycles. The van der Waals surface area contributed by atoms with Crippen LogP contribution in [0, 0.1) is 0 Å². The molecule has 4 heteroatoms. The Hall–Kier alpha value is -2.88. The monoisotopic (exact) mass is 282 g/mol. The minimum atomic E-state index is -0.957. The topological polar surface area (TPSA) is 63.6 Å². The highest BCUT2D eigenvalue weighted by Crippen LogP contribution is 2.15. The van der Waals surface area contributed by atoms with E-state index in [1.807, 2.05) is 18.2 Å². The van der Waals surface area contributed by atoms with Crippen molar-refractivity contribution >= 4 is 24.1 Å². The minimum Gasteiger partial charge on any atom is -0.478 e. The van der Waals surface area contributed by atoms with Crippen LogP contribution in [0.25, 0.3) is 12.2 Å². The largest absolute Gasteiger partial charge is 0.478 e. The van der Waals surface area contributed by atoms with Crippen molar-refractivity contribution in [2.45, 2.75) is 0 Å². The van der Waals surface area contributed by atoms with Gasteiger partial charge in [-0.1, -0.05) is 42.5 Å². The number of carbonyl (C=O) groups is 2. The molecule has 0 aliphatic rings. The zero-order valence-corrected chi connectivity index (χ0v) is 11.4. The Balaban J connectivity index is 2.25. The van der Waals surface area contributed by atoms with Crippen LogP contribution >= 0.6 is 0 Å². The third-order valence-corrected chi connectivity index (χ3v) is 2.98. The van der Waals surface area contributed by atoms with E-state index >= 15 is 0 Å². The van der Waals surface area contributed by atoms with Gasteiger partial charge in [0.2, 0.25) is 0 Å². The van der Waals surface area contributed by atoms with E-state index in [1.165, 1.54) is 19.2 Å². The molecule has 0 fully saturated rings. The molecule has 0 radical (unpaired) electrons. The molecule has 0 spiro atoms. The molecule has 0 atom stereocenters. The number of methoxy groups -OCH3 is 1. The van der Waals surface area contributed by atoms with Gasteiger partial charge in [-0.05, 0) is 29.3 Å². The Kier molecular flexibility index (Phi) is 4.51. The first-order chi connectivity index (χ1) is 10.1. The zero-order chi connectivity index (χ0) is 15.2. The Morgan fingerprint density at radius 2 is 1.67 bits per heavy atom. The molecule has 2 rings (SSSR count). The summed E-state index contributed by atoms with van der Waals surface area (Å²) in [7, 11) is 1.34. The van der Waals surface area contributed by atoms with E-state index in [0.29, 0.717) is 5.56 Å². The summed E-state index contributed by atoms with van der Waals surface area (Å²) in [6.45, 7) is 0. The van der Waals surface area contributed by atoms with Crippen molar-refractivity contribution in [1.82, 2.24) is 0 Å². The number of carboxylic acid groups (broad SMARTS) is 1. The SMILES string of the molecule is COC(=O)c1ccccc1/C=C/c1ccc(C(=O)O)cc1. The molecular formula is C17H14O4. The molecule has 0 saturated carbocycles. The molecule has 0 unspecified atom stereocenters. The molecule has 0 aliphatic carbocycles. The quantitative estimate of drug-likeness (QED) is 0.690. The predicted octanol–water partition coefficient (Wildman–Crippen LogP) is 3.34. The predicted molar refractivity (Wildman–Crippen MR) is 80.1 cm³/mol. The highest BCUT2D eigenvalue weighted by Gasteiger charge is 2.08. The van der Waals surface area contributed by atoms with Crippen LogP contribution in [0.3, 0.4) is 0 Å². The molecule has 1 N–H and O–H groups in total. The van der Waals surface area contributed by atoms with Crippen LogP contribution in [0.2, 0.25) is 0 Å². The number of carbonyl (C=O) groups excluding carboxylic acids is 1. The molecule has 106 valence electrons. The van der Waals surface area contributed by atoms with E-state index in [4.69, 9.17) is 9.84 Å². The van der Waals surface area contributed by atoms with Crippen LogP contribution in [-0.2, 0) is 4.74 Å². The highest BCUT2D eigenvalue weighted by molar-refractivity contribution is 5.94. The summed E-state index contributed by atoms with van der Waals surface area (Å²) in [6.07, 6.45) is 3.61. The lowest BCUT2D eigenvalue weighted by Crippen LogP contribution is -2.03. The number of ether oxygens (including phenoxy) is 1. The van der Waals surface area contributed by atoms with E-state index in [0.717, 1.165) is 11.1 Å². The fourth-order valence-corrected chi connectivity index (χ4v) is 1.86. The maximum absolute atomic E-state index is 11.6. The third kappa shape index (κ3) is 3.57. The van der Waals surface area contributed by atoms with Crippen LogP contribution in [0.15, 0.2) is 48.5 Å². The first kappa shape index (κ1) is 14.5. The molecule has 0 bridgehead atoms. The standard InChI is InChI=1S/C17H14O4/c1-21-17(20)15-5-3-2-4-13(15)9-6-12-7-10-14(11-8-12)16(18)19/h2-11H,1H3,(H,18,19)/b9-6+. The summed E-state index contributed by atoms with van der Waals surface area (Å²) in [5, 5.41) is 8.84. The number of hydrogen-bond donors (Lipinski definition) is 1. The smallest absolute Gasteiger partial charge is 0.338 e. The molecule has 21 heavy (non-hydrogen) atoms. The van der Waals surface area contributed by atoms with Gasteiger partial charge in [0.25, 0.3) is 0 Å². The molecule has 2 aromatic rings. The van der Waals surface area contributed by atoms with Crippen LogP contribution in [-0.4, -0.2) is 24.2 Å². The zero-order valence-electron chi connectivity index (χ0n) is 11.4. The van der Waals surface area contributed by atoms with E-state index in [1.54, 1.807) is 30.3 Å². The highest BCUT2D eigenvalue weighted by atomic mass is 16.5. The van der Waals surface area contributed by atoms with E-state index in [2.05, 4.69) is 0 Å². The van der Waals surface area contributed by atoms with Gasteiger partial charge in [0, 0.05) is 0 Å². The molecule has 2 aromatic carbocycles. The number of aromatic carboxylic acids is 1. The Labute approximate surface area is 122 Å². The number of hydrogen-bond acceptors (Lipinski definition) is 3. The number of rotatable bonds is 4. The van der Waals surface area contributed by atoms with Crippen molar-refractivity contribution < 1.29 is 19.4 Å². The van der Waals surface area contributed by atoms with Crippen LogP contribution in [0.1, 0.15) is 31.8 Å². The maximum Gasteiger partial charge on any atom is 0.338 e.